The first kappa shape index (κ1) is 37.1. The third kappa shape index (κ3) is 4.91. The lowest BCUT2D eigenvalue weighted by Crippen LogP contribution is -2.18. The van der Waals surface area contributed by atoms with Gasteiger partial charge in [-0.25, -0.2) is 0 Å². The van der Waals surface area contributed by atoms with E-state index in [1.165, 1.54) is 139 Å². The second kappa shape index (κ2) is 12.5. The Morgan fingerprint density at radius 1 is 0.333 bits per heavy atom. The summed E-state index contributed by atoms with van der Waals surface area (Å²) < 4.78 is 0. The number of hydrogen-bond acceptors (Lipinski definition) is 0. The molecule has 0 saturated heterocycles. The van der Waals surface area contributed by atoms with Gasteiger partial charge in [0.1, 0.15) is 0 Å². The van der Waals surface area contributed by atoms with Crippen LogP contribution in [0.3, 0.4) is 0 Å². The zero-order valence-electron chi connectivity index (χ0n) is 35.9. The van der Waals surface area contributed by atoms with Gasteiger partial charge in [-0.05, 0) is 283 Å². The minimum absolute atomic E-state index is 0.286. The summed E-state index contributed by atoms with van der Waals surface area (Å²) >= 11 is 0. The van der Waals surface area contributed by atoms with Crippen LogP contribution in [0, 0.1) is 75.2 Å². The molecule has 0 bridgehead atoms. The van der Waals surface area contributed by atoms with E-state index >= 15 is 0 Å². The molecule has 2 unspecified atom stereocenters. The third-order valence-electron chi connectivity index (χ3n) is 15.5. The van der Waals surface area contributed by atoms with Gasteiger partial charge < -0.3 is 0 Å². The molecule has 0 amide bonds. The van der Waals surface area contributed by atoms with Gasteiger partial charge in [-0.2, -0.15) is 0 Å². The molecule has 2 atom stereocenters. The van der Waals surface area contributed by atoms with Gasteiger partial charge >= 0.3 is 0 Å². The summed E-state index contributed by atoms with van der Waals surface area (Å²) in [5.41, 5.74) is 41.7. The summed E-state index contributed by atoms with van der Waals surface area (Å²) in [7, 11) is 0. The smallest absolute Gasteiger partial charge is 0.0316 e. The maximum absolute atomic E-state index is 2.46. The van der Waals surface area contributed by atoms with Crippen LogP contribution in [0.1, 0.15) is 148 Å². The molecule has 4 aliphatic rings. The van der Waals surface area contributed by atoms with E-state index in [2.05, 4.69) is 138 Å². The topological polar surface area (TPSA) is 0 Å². The number of hydrogen-bond donors (Lipinski definition) is 0. The molecule has 6 rings (SSSR count). The van der Waals surface area contributed by atoms with Crippen LogP contribution in [0.25, 0.3) is 5.57 Å². The van der Waals surface area contributed by atoms with Crippen molar-refractivity contribution in [1.29, 1.82) is 0 Å². The van der Waals surface area contributed by atoms with Crippen LogP contribution in [-0.4, -0.2) is 0 Å². The summed E-state index contributed by atoms with van der Waals surface area (Å²) in [6.45, 7) is 47.5. The summed E-state index contributed by atoms with van der Waals surface area (Å²) in [6.07, 6.45) is 0.973. The highest BCUT2D eigenvalue weighted by molar-refractivity contribution is 5.91. The Hall–Kier alpha value is -3.64. The molecule has 268 valence electrons. The van der Waals surface area contributed by atoms with E-state index < -0.39 is 0 Å². The second-order valence-electron chi connectivity index (χ2n) is 17.0. The van der Waals surface area contributed by atoms with Crippen molar-refractivity contribution < 1.29 is 0 Å². The standard InChI is InChI=1S/C51H64/c1-22-24(3)32(11)44(33(12)25(22)4)48-38(17)28(7)36(15)46-42(30(9)40(19)50(46)48)21-43-31(10)41(20)51-47(43)37(16)29(8)39(18)49(51)45-34(13)26(5)23(2)27(6)35(45)14/h38,49H,21H2,1-20H3. The quantitative estimate of drug-likeness (QED) is 0.302. The molecule has 4 aliphatic carbocycles. The van der Waals surface area contributed by atoms with E-state index in [1.54, 1.807) is 16.7 Å². The normalized spacial score (nSPS) is 21.2. The molecule has 0 heterocycles. The van der Waals surface area contributed by atoms with E-state index in [9.17, 15) is 0 Å². The van der Waals surface area contributed by atoms with Gasteiger partial charge in [-0.15, -0.1) is 0 Å². The molecule has 0 aliphatic heterocycles. The highest BCUT2D eigenvalue weighted by Crippen LogP contribution is 2.58. The fourth-order valence-corrected chi connectivity index (χ4v) is 10.5. The number of rotatable bonds is 4. The monoisotopic (exact) mass is 677 g/mol. The average molecular weight is 677 g/mol. The molecule has 2 aromatic carbocycles. The van der Waals surface area contributed by atoms with Crippen molar-refractivity contribution in [3.8, 4) is 0 Å². The van der Waals surface area contributed by atoms with Crippen LogP contribution in [0.5, 0.6) is 0 Å². The lowest BCUT2D eigenvalue weighted by Gasteiger charge is -2.35. The van der Waals surface area contributed by atoms with E-state index in [0.29, 0.717) is 5.92 Å². The highest BCUT2D eigenvalue weighted by atomic mass is 14.4. The van der Waals surface area contributed by atoms with E-state index in [1.807, 2.05) is 0 Å². The van der Waals surface area contributed by atoms with Crippen LogP contribution >= 0.6 is 0 Å². The maximum atomic E-state index is 2.46. The van der Waals surface area contributed by atoms with Crippen LogP contribution in [0.4, 0.5) is 0 Å². The predicted molar refractivity (Wildman–Crippen MR) is 224 cm³/mol. The minimum atomic E-state index is 0.286. The Morgan fingerprint density at radius 3 is 1.31 bits per heavy atom. The van der Waals surface area contributed by atoms with Crippen LogP contribution < -0.4 is 0 Å². The minimum Gasteiger partial charge on any atom is -0.0625 e. The van der Waals surface area contributed by atoms with Crippen molar-refractivity contribution in [3.63, 3.8) is 0 Å². The predicted octanol–water partition coefficient (Wildman–Crippen LogP) is 14.6. The van der Waals surface area contributed by atoms with Gasteiger partial charge in [-0.1, -0.05) is 18.1 Å². The molecule has 0 nitrogen and oxygen atoms in total. The number of fused-ring (bicyclic) bond motifs is 2. The molecule has 0 spiro atoms. The Morgan fingerprint density at radius 2 is 0.804 bits per heavy atom. The number of allylic oxidation sites excluding steroid dienone is 16. The Labute approximate surface area is 311 Å². The van der Waals surface area contributed by atoms with Crippen molar-refractivity contribution in [2.75, 3.05) is 0 Å². The van der Waals surface area contributed by atoms with Crippen LogP contribution in [0.2, 0.25) is 0 Å². The van der Waals surface area contributed by atoms with Gasteiger partial charge in [0.15, 0.2) is 0 Å². The molecule has 0 N–H and O–H groups in total. The summed E-state index contributed by atoms with van der Waals surface area (Å²) in [4.78, 5) is 0. The molecule has 2 aromatic rings. The fraction of sp³-hybridized carbons (Fsp3) is 0.451. The second-order valence-corrected chi connectivity index (χ2v) is 17.0. The molecule has 0 radical (unpaired) electrons. The maximum Gasteiger partial charge on any atom is 0.0316 e. The third-order valence-corrected chi connectivity index (χ3v) is 15.5. The zero-order valence-corrected chi connectivity index (χ0v) is 35.9. The molecule has 51 heavy (non-hydrogen) atoms. The van der Waals surface area contributed by atoms with Gasteiger partial charge in [0.2, 0.25) is 0 Å². The van der Waals surface area contributed by atoms with Crippen molar-refractivity contribution in [2.24, 2.45) is 5.92 Å². The van der Waals surface area contributed by atoms with Gasteiger partial charge in [0.25, 0.3) is 0 Å². The average Bonchev–Trinajstić information content (AvgIpc) is 3.49. The highest BCUT2D eigenvalue weighted by Gasteiger charge is 2.41. The Bertz CT molecular complexity index is 2220. The summed E-state index contributed by atoms with van der Waals surface area (Å²) in [5, 5.41) is 0. The molecule has 0 aromatic heterocycles. The fourth-order valence-electron chi connectivity index (χ4n) is 10.5. The van der Waals surface area contributed by atoms with Crippen molar-refractivity contribution in [2.45, 2.75) is 151 Å². The van der Waals surface area contributed by atoms with Crippen LogP contribution in [0.15, 0.2) is 83.6 Å². The van der Waals surface area contributed by atoms with Crippen molar-refractivity contribution in [1.82, 2.24) is 0 Å². The van der Waals surface area contributed by atoms with Crippen LogP contribution in [-0.2, 0) is 0 Å². The molecule has 0 saturated carbocycles. The lowest BCUT2D eigenvalue weighted by molar-refractivity contribution is 0.842. The van der Waals surface area contributed by atoms with E-state index in [-0.39, 0.29) is 5.92 Å². The van der Waals surface area contributed by atoms with Crippen molar-refractivity contribution >= 4 is 5.57 Å². The molecular weight excluding hydrogens is 613 g/mol. The molecule has 0 fully saturated rings. The SMILES string of the molecule is CC1=C(C)C2=C(c3c(C)c(C)c(C)c(C)c3C)C(C)C(C)=C(C)C2=C1CC1=C(C)C(C)=C2C1=C(C)C(C)=C(C)C2c1c(C)c(C)c(C)c(C)c1C. The Balaban J connectivity index is 1.60. The van der Waals surface area contributed by atoms with Gasteiger partial charge in [0, 0.05) is 11.8 Å². The largest absolute Gasteiger partial charge is 0.0625 e. The zero-order chi connectivity index (χ0) is 38.0. The lowest BCUT2D eigenvalue weighted by atomic mass is 9.68. The van der Waals surface area contributed by atoms with Crippen molar-refractivity contribution in [3.05, 3.63) is 150 Å². The van der Waals surface area contributed by atoms with Gasteiger partial charge in [0.05, 0.1) is 0 Å². The first-order valence-electron chi connectivity index (χ1n) is 19.5. The summed E-state index contributed by atoms with van der Waals surface area (Å²) in [6, 6.07) is 0. The Kier molecular flexibility index (Phi) is 9.10. The van der Waals surface area contributed by atoms with E-state index in [0.717, 1.165) is 6.42 Å². The molecular formula is C51H64. The number of benzene rings is 2. The first-order valence-corrected chi connectivity index (χ1v) is 19.5. The summed E-state index contributed by atoms with van der Waals surface area (Å²) in [5.74, 6) is 0.662. The van der Waals surface area contributed by atoms with E-state index in [4.69, 9.17) is 0 Å². The van der Waals surface area contributed by atoms with Gasteiger partial charge in [-0.3, -0.25) is 0 Å². The molecule has 0 heteroatoms. The first-order chi connectivity index (χ1) is 23.7.